The van der Waals surface area contributed by atoms with Crippen LogP contribution in [0, 0.1) is 0 Å². The molecule has 1 heterocycles. The van der Waals surface area contributed by atoms with Crippen LogP contribution in [0.3, 0.4) is 0 Å². The number of amides is 1. The van der Waals surface area contributed by atoms with Crippen LogP contribution < -0.4 is 15.2 Å². The molecule has 0 aliphatic heterocycles. The second kappa shape index (κ2) is 5.34. The Bertz CT molecular complexity index is 485. The van der Waals surface area contributed by atoms with Crippen molar-refractivity contribution in [3.63, 3.8) is 0 Å². The van der Waals surface area contributed by atoms with Gasteiger partial charge in [-0.2, -0.15) is 8.42 Å². The molecular formula is C8H12N4O4S. The molecule has 1 rings (SSSR count). The van der Waals surface area contributed by atoms with Crippen molar-refractivity contribution in [1.29, 1.82) is 0 Å². The zero-order valence-corrected chi connectivity index (χ0v) is 9.82. The molecule has 1 amide bonds. The van der Waals surface area contributed by atoms with Gasteiger partial charge in [-0.25, -0.2) is 14.5 Å². The molecule has 0 spiro atoms. The molecule has 94 valence electrons. The van der Waals surface area contributed by atoms with Crippen molar-refractivity contribution in [2.75, 3.05) is 17.1 Å². The molecule has 0 aromatic carbocycles. The van der Waals surface area contributed by atoms with Gasteiger partial charge in [-0.3, -0.25) is 4.72 Å². The Balaban J connectivity index is 2.66. The van der Waals surface area contributed by atoms with Crippen molar-refractivity contribution in [2.45, 2.75) is 6.92 Å². The molecule has 0 radical (unpaired) electrons. The zero-order valence-electron chi connectivity index (χ0n) is 9.00. The van der Waals surface area contributed by atoms with Gasteiger partial charge >= 0.3 is 16.3 Å². The molecular weight excluding hydrogens is 248 g/mol. The minimum absolute atomic E-state index is 0.0742. The Hall–Kier alpha value is -2.03. The summed E-state index contributed by atoms with van der Waals surface area (Å²) in [6.45, 7) is 1.63. The standard InChI is InChI=1S/C8H12N4O4S/c1-2-16-8(13)12-17(14,15)11-6-3-4-7(9)10-5-6/h3-5,11H,2H2,1H3,(H2,9,10)(H,12,13). The lowest BCUT2D eigenvalue weighted by atomic mass is 10.4. The number of nitrogens with one attached hydrogen (secondary N) is 2. The van der Waals surface area contributed by atoms with E-state index >= 15 is 0 Å². The van der Waals surface area contributed by atoms with Crippen LogP contribution in [-0.2, 0) is 14.9 Å². The van der Waals surface area contributed by atoms with E-state index in [1.807, 2.05) is 0 Å². The number of hydrogen-bond donors (Lipinski definition) is 3. The van der Waals surface area contributed by atoms with Crippen molar-refractivity contribution in [2.24, 2.45) is 0 Å². The van der Waals surface area contributed by atoms with E-state index in [-0.39, 0.29) is 18.1 Å². The van der Waals surface area contributed by atoms with E-state index in [4.69, 9.17) is 5.73 Å². The van der Waals surface area contributed by atoms with Crippen molar-refractivity contribution >= 4 is 27.8 Å². The Kier molecular flexibility index (Phi) is 4.10. The number of aromatic nitrogens is 1. The molecule has 0 fully saturated rings. The van der Waals surface area contributed by atoms with Gasteiger partial charge in [0.15, 0.2) is 0 Å². The summed E-state index contributed by atoms with van der Waals surface area (Å²) in [6.07, 6.45) is 0.170. The van der Waals surface area contributed by atoms with Crippen LogP contribution in [0.4, 0.5) is 16.3 Å². The largest absolute Gasteiger partial charge is 0.449 e. The second-order valence-electron chi connectivity index (χ2n) is 2.90. The highest BCUT2D eigenvalue weighted by atomic mass is 32.2. The molecule has 4 N–H and O–H groups in total. The van der Waals surface area contributed by atoms with Gasteiger partial charge in [0.2, 0.25) is 0 Å². The van der Waals surface area contributed by atoms with Crippen LogP contribution in [0.15, 0.2) is 18.3 Å². The predicted octanol–water partition coefficient (Wildman–Crippen LogP) is 0.0666. The number of carbonyl (C=O) groups is 1. The van der Waals surface area contributed by atoms with Gasteiger partial charge in [0.05, 0.1) is 18.5 Å². The summed E-state index contributed by atoms with van der Waals surface area (Å²) in [5.74, 6) is 0.256. The predicted molar refractivity (Wildman–Crippen MR) is 61.3 cm³/mol. The van der Waals surface area contributed by atoms with Gasteiger partial charge < -0.3 is 10.5 Å². The maximum atomic E-state index is 11.4. The van der Waals surface area contributed by atoms with E-state index in [0.29, 0.717) is 0 Å². The first-order valence-corrected chi connectivity index (χ1v) is 6.10. The number of rotatable bonds is 4. The third-order valence-electron chi connectivity index (χ3n) is 1.53. The Labute approximate surface area is 98.4 Å². The lowest BCUT2D eigenvalue weighted by Crippen LogP contribution is -2.35. The van der Waals surface area contributed by atoms with Crippen LogP contribution in [0.1, 0.15) is 6.92 Å². The first kappa shape index (κ1) is 13.0. The van der Waals surface area contributed by atoms with Gasteiger partial charge in [0, 0.05) is 0 Å². The van der Waals surface area contributed by atoms with Gasteiger partial charge in [-0.15, -0.1) is 0 Å². The third-order valence-corrected chi connectivity index (χ3v) is 2.47. The summed E-state index contributed by atoms with van der Waals surface area (Å²) in [5.41, 5.74) is 5.51. The zero-order chi connectivity index (χ0) is 12.9. The summed E-state index contributed by atoms with van der Waals surface area (Å²) in [4.78, 5) is 14.6. The number of nitrogens with two attached hydrogens (primary N) is 1. The summed E-state index contributed by atoms with van der Waals surface area (Å²) >= 11 is 0. The number of hydrogen-bond acceptors (Lipinski definition) is 6. The molecule has 0 aliphatic rings. The molecule has 0 unspecified atom stereocenters. The molecule has 9 heteroatoms. The second-order valence-corrected chi connectivity index (χ2v) is 4.31. The number of nitrogens with zero attached hydrogens (tertiary/aromatic N) is 1. The molecule has 0 saturated heterocycles. The number of pyridine rings is 1. The molecule has 0 atom stereocenters. The Morgan fingerprint density at radius 2 is 2.24 bits per heavy atom. The van der Waals surface area contributed by atoms with Crippen LogP contribution in [-0.4, -0.2) is 26.1 Å². The molecule has 0 aliphatic carbocycles. The third kappa shape index (κ3) is 4.55. The van der Waals surface area contributed by atoms with Crippen molar-refractivity contribution < 1.29 is 17.9 Å². The average molecular weight is 260 g/mol. The van der Waals surface area contributed by atoms with Gasteiger partial charge in [-0.1, -0.05) is 0 Å². The SMILES string of the molecule is CCOC(=O)NS(=O)(=O)Nc1ccc(N)nc1. The van der Waals surface area contributed by atoms with Gasteiger partial charge in [0.1, 0.15) is 5.82 Å². The summed E-state index contributed by atoms with van der Waals surface area (Å²) in [6, 6.07) is 2.83. The lowest BCUT2D eigenvalue weighted by molar-refractivity contribution is 0.159. The minimum Gasteiger partial charge on any atom is -0.449 e. The van der Waals surface area contributed by atoms with Crippen LogP contribution in [0.25, 0.3) is 0 Å². The van der Waals surface area contributed by atoms with E-state index < -0.39 is 16.3 Å². The molecule has 8 nitrogen and oxygen atoms in total. The van der Waals surface area contributed by atoms with E-state index in [2.05, 4.69) is 14.4 Å². The van der Waals surface area contributed by atoms with Crippen molar-refractivity contribution in [1.82, 2.24) is 9.71 Å². The van der Waals surface area contributed by atoms with Crippen LogP contribution >= 0.6 is 0 Å². The minimum atomic E-state index is -4.02. The quantitative estimate of drug-likeness (QED) is 0.703. The smallest absolute Gasteiger partial charge is 0.422 e. The lowest BCUT2D eigenvalue weighted by Gasteiger charge is -2.08. The maximum absolute atomic E-state index is 11.4. The number of nitrogen functional groups attached to an aromatic ring is 1. The van der Waals surface area contributed by atoms with E-state index in [1.165, 1.54) is 18.3 Å². The van der Waals surface area contributed by atoms with Crippen molar-refractivity contribution in [3.8, 4) is 0 Å². The van der Waals surface area contributed by atoms with E-state index in [9.17, 15) is 13.2 Å². The van der Waals surface area contributed by atoms with Crippen LogP contribution in [0.5, 0.6) is 0 Å². The normalized spacial score (nSPS) is 10.6. The Morgan fingerprint density at radius 1 is 1.53 bits per heavy atom. The van der Waals surface area contributed by atoms with Crippen LogP contribution in [0.2, 0.25) is 0 Å². The fraction of sp³-hybridized carbons (Fsp3) is 0.250. The average Bonchev–Trinajstić information content (AvgIpc) is 2.20. The van der Waals surface area contributed by atoms with E-state index in [1.54, 1.807) is 11.6 Å². The maximum Gasteiger partial charge on any atom is 0.422 e. The monoisotopic (exact) mass is 260 g/mol. The molecule has 1 aromatic heterocycles. The van der Waals surface area contributed by atoms with E-state index in [0.717, 1.165) is 0 Å². The highest BCUT2D eigenvalue weighted by Crippen LogP contribution is 2.08. The Morgan fingerprint density at radius 3 is 2.76 bits per heavy atom. The molecule has 0 saturated carbocycles. The summed E-state index contributed by atoms with van der Waals surface area (Å²) in [7, 11) is -4.02. The molecule has 17 heavy (non-hydrogen) atoms. The highest BCUT2D eigenvalue weighted by molar-refractivity contribution is 7.91. The number of anilines is 2. The number of carbonyl (C=O) groups excluding carboxylic acids is 1. The molecule has 0 bridgehead atoms. The van der Waals surface area contributed by atoms with Gasteiger partial charge in [-0.05, 0) is 19.1 Å². The topological polar surface area (TPSA) is 123 Å². The molecule has 1 aromatic rings. The first-order valence-electron chi connectivity index (χ1n) is 4.62. The number of ether oxygens (including phenoxy) is 1. The fourth-order valence-corrected chi connectivity index (χ4v) is 1.68. The van der Waals surface area contributed by atoms with Gasteiger partial charge in [0.25, 0.3) is 0 Å². The van der Waals surface area contributed by atoms with Crippen molar-refractivity contribution in [3.05, 3.63) is 18.3 Å². The highest BCUT2D eigenvalue weighted by Gasteiger charge is 2.14. The summed E-state index contributed by atoms with van der Waals surface area (Å²) < 4.78 is 30.9. The summed E-state index contributed by atoms with van der Waals surface area (Å²) in [5, 5.41) is 0. The fourth-order valence-electron chi connectivity index (χ4n) is 0.917. The first-order chi connectivity index (χ1) is 7.93.